The number of nitrogens with two attached hydrogens (primary N) is 1. The predicted molar refractivity (Wildman–Crippen MR) is 169 cm³/mol. The van der Waals surface area contributed by atoms with Crippen LogP contribution in [-0.2, 0) is 11.3 Å². The minimum absolute atomic E-state index is 0.0648. The number of anilines is 1. The molecule has 6 rings (SSSR count). The van der Waals surface area contributed by atoms with Crippen molar-refractivity contribution in [1.29, 1.82) is 5.26 Å². The average molecular weight is 609 g/mol. The first-order valence-corrected chi connectivity index (χ1v) is 15.1. The Morgan fingerprint density at radius 2 is 1.76 bits per heavy atom. The van der Waals surface area contributed by atoms with Crippen molar-refractivity contribution in [2.75, 3.05) is 25.4 Å². The SMILES string of the molecule is CC(C)(C=C(C#N)C(=O)N1CC[C@H]1Cn1c(=O)n(-c2ccc(Oc3ccccc3)cc2)c2c(N)ncnc21)N1CCC(O)CC1. The Hall–Kier alpha value is -4.99. The molecule has 2 aliphatic rings. The number of likely N-dealkylation sites (tertiary alicyclic amines) is 2. The molecule has 0 radical (unpaired) electrons. The summed E-state index contributed by atoms with van der Waals surface area (Å²) in [5.41, 5.74) is 6.74. The zero-order valence-corrected chi connectivity index (χ0v) is 25.3. The van der Waals surface area contributed by atoms with E-state index in [1.807, 2.05) is 44.2 Å². The van der Waals surface area contributed by atoms with Crippen molar-refractivity contribution in [2.45, 2.75) is 57.3 Å². The fourth-order valence-electron chi connectivity index (χ4n) is 6.09. The molecule has 2 aliphatic heterocycles. The molecule has 0 spiro atoms. The Bertz CT molecular complexity index is 1830. The van der Waals surface area contributed by atoms with Gasteiger partial charge in [0.2, 0.25) is 0 Å². The van der Waals surface area contributed by atoms with Gasteiger partial charge in [0.05, 0.1) is 17.8 Å². The van der Waals surface area contributed by atoms with Crippen LogP contribution in [0, 0.1) is 11.3 Å². The number of aliphatic hydroxyl groups is 1. The van der Waals surface area contributed by atoms with Crippen molar-refractivity contribution in [2.24, 2.45) is 0 Å². The molecule has 2 aromatic heterocycles. The summed E-state index contributed by atoms with van der Waals surface area (Å²) >= 11 is 0. The monoisotopic (exact) mass is 608 g/mol. The number of piperidine rings is 1. The van der Waals surface area contributed by atoms with Crippen molar-refractivity contribution in [3.8, 4) is 23.3 Å². The van der Waals surface area contributed by atoms with Gasteiger partial charge in [0.15, 0.2) is 11.5 Å². The van der Waals surface area contributed by atoms with E-state index in [2.05, 4.69) is 20.9 Å². The van der Waals surface area contributed by atoms with Gasteiger partial charge in [-0.3, -0.25) is 18.8 Å². The number of para-hydroxylation sites is 1. The lowest BCUT2D eigenvalue weighted by atomic mass is 9.93. The Kier molecular flexibility index (Phi) is 8.14. The molecule has 0 aliphatic carbocycles. The van der Waals surface area contributed by atoms with E-state index < -0.39 is 5.54 Å². The molecule has 0 unspecified atom stereocenters. The standard InChI is InChI=1S/C33H36N8O4/c1-33(2,38-15-13-25(42)14-16-38)18-22(19-34)31(43)39-17-12-24(39)20-40-30-28(29(35)36-21-37-30)41(32(40)44)23-8-10-27(11-9-23)45-26-6-4-3-5-7-26/h3-11,18,21,24-25,42H,12-17,20H2,1-2H3,(H2,35,36,37)/t24-/m0/s1. The Morgan fingerprint density at radius 1 is 1.07 bits per heavy atom. The van der Waals surface area contributed by atoms with Crippen LogP contribution in [-0.4, -0.2) is 77.2 Å². The van der Waals surface area contributed by atoms with Gasteiger partial charge in [-0.25, -0.2) is 14.8 Å². The van der Waals surface area contributed by atoms with Crippen LogP contribution >= 0.6 is 0 Å². The van der Waals surface area contributed by atoms with Crippen molar-refractivity contribution < 1.29 is 14.6 Å². The first-order chi connectivity index (χ1) is 21.7. The summed E-state index contributed by atoms with van der Waals surface area (Å²) in [6.07, 6.45) is 4.70. The topological polar surface area (TPSA) is 156 Å². The lowest BCUT2D eigenvalue weighted by Gasteiger charge is -2.42. The van der Waals surface area contributed by atoms with Gasteiger partial charge >= 0.3 is 5.69 Å². The van der Waals surface area contributed by atoms with Crippen LogP contribution < -0.4 is 16.2 Å². The van der Waals surface area contributed by atoms with E-state index in [0.717, 1.165) is 0 Å². The maximum atomic E-state index is 13.9. The highest BCUT2D eigenvalue weighted by atomic mass is 16.5. The highest BCUT2D eigenvalue weighted by Crippen LogP contribution is 2.29. The molecular weight excluding hydrogens is 572 g/mol. The summed E-state index contributed by atoms with van der Waals surface area (Å²) < 4.78 is 8.89. The number of carbonyl (C=O) groups excluding carboxylic acids is 1. The van der Waals surface area contributed by atoms with E-state index in [9.17, 15) is 20.0 Å². The second-order valence-corrected chi connectivity index (χ2v) is 12.1. The summed E-state index contributed by atoms with van der Waals surface area (Å²) in [4.78, 5) is 39.9. The van der Waals surface area contributed by atoms with Gasteiger partial charge in [0.25, 0.3) is 5.91 Å². The number of hydrogen-bond acceptors (Lipinski definition) is 9. The molecule has 2 aromatic carbocycles. The lowest BCUT2D eigenvalue weighted by molar-refractivity contribution is -0.134. The minimum Gasteiger partial charge on any atom is -0.457 e. The zero-order chi connectivity index (χ0) is 31.7. The Balaban J connectivity index is 1.25. The molecule has 232 valence electrons. The van der Waals surface area contributed by atoms with Crippen LogP contribution in [0.1, 0.15) is 33.1 Å². The second kappa shape index (κ2) is 12.2. The fraction of sp³-hybridized carbons (Fsp3) is 0.364. The quantitative estimate of drug-likeness (QED) is 0.227. The summed E-state index contributed by atoms with van der Waals surface area (Å²) in [5, 5.41) is 19.9. The number of hydrogen-bond donors (Lipinski definition) is 2. The lowest BCUT2D eigenvalue weighted by Crippen LogP contribution is -2.54. The predicted octanol–water partition coefficient (Wildman–Crippen LogP) is 3.24. The third-order valence-electron chi connectivity index (χ3n) is 8.73. The minimum atomic E-state index is -0.540. The van der Waals surface area contributed by atoms with E-state index in [1.54, 1.807) is 35.2 Å². The van der Waals surface area contributed by atoms with Crippen LogP contribution in [0.25, 0.3) is 16.9 Å². The summed E-state index contributed by atoms with van der Waals surface area (Å²) in [5.74, 6) is 1.10. The molecule has 1 atom stereocenters. The van der Waals surface area contributed by atoms with E-state index >= 15 is 0 Å². The maximum absolute atomic E-state index is 13.9. The van der Waals surface area contributed by atoms with Crippen LogP contribution in [0.5, 0.6) is 11.5 Å². The molecule has 4 aromatic rings. The number of carbonyl (C=O) groups is 1. The van der Waals surface area contributed by atoms with Crippen LogP contribution in [0.15, 0.2) is 77.4 Å². The van der Waals surface area contributed by atoms with Crippen molar-refractivity contribution >= 4 is 22.9 Å². The Labute approximate surface area is 260 Å². The first kappa shape index (κ1) is 30.1. The van der Waals surface area contributed by atoms with E-state index in [4.69, 9.17) is 10.5 Å². The fourth-order valence-corrected chi connectivity index (χ4v) is 6.09. The third-order valence-corrected chi connectivity index (χ3v) is 8.73. The molecule has 2 saturated heterocycles. The number of ether oxygens (including phenoxy) is 1. The van der Waals surface area contributed by atoms with Crippen molar-refractivity contribution in [3.63, 3.8) is 0 Å². The zero-order valence-electron chi connectivity index (χ0n) is 25.3. The number of fused-ring (bicyclic) bond motifs is 1. The largest absolute Gasteiger partial charge is 0.457 e. The number of rotatable bonds is 8. The maximum Gasteiger partial charge on any atom is 0.335 e. The number of imidazole rings is 1. The van der Waals surface area contributed by atoms with Gasteiger partial charge in [0.1, 0.15) is 35.0 Å². The van der Waals surface area contributed by atoms with E-state index in [-0.39, 0.29) is 41.7 Å². The van der Waals surface area contributed by atoms with Crippen LogP contribution in [0.4, 0.5) is 5.82 Å². The van der Waals surface area contributed by atoms with Gasteiger partial charge in [-0.05, 0) is 75.6 Å². The Morgan fingerprint density at radius 3 is 2.40 bits per heavy atom. The number of nitrogens with zero attached hydrogens (tertiary/aromatic N) is 7. The number of nitrogen functional groups attached to an aromatic ring is 1. The highest BCUT2D eigenvalue weighted by molar-refractivity contribution is 5.98. The molecule has 3 N–H and O–H groups in total. The summed E-state index contributed by atoms with van der Waals surface area (Å²) in [6, 6.07) is 18.3. The summed E-state index contributed by atoms with van der Waals surface area (Å²) in [6.45, 7) is 5.98. The molecular formula is C33H36N8O4. The van der Waals surface area contributed by atoms with Gasteiger partial charge < -0.3 is 20.5 Å². The molecule has 0 saturated carbocycles. The molecule has 0 bridgehead atoms. The number of amides is 1. The molecule has 1 amide bonds. The average Bonchev–Trinajstić information content (AvgIpc) is 3.31. The number of nitriles is 1. The number of aliphatic hydroxyl groups excluding tert-OH is 1. The smallest absolute Gasteiger partial charge is 0.335 e. The first-order valence-electron chi connectivity index (χ1n) is 15.1. The molecule has 45 heavy (non-hydrogen) atoms. The van der Waals surface area contributed by atoms with E-state index in [0.29, 0.717) is 67.2 Å². The van der Waals surface area contributed by atoms with Crippen LogP contribution in [0.2, 0.25) is 0 Å². The van der Waals surface area contributed by atoms with Gasteiger partial charge in [-0.1, -0.05) is 18.2 Å². The highest BCUT2D eigenvalue weighted by Gasteiger charge is 2.37. The second-order valence-electron chi connectivity index (χ2n) is 12.1. The third kappa shape index (κ3) is 5.92. The number of benzene rings is 2. The molecule has 12 heteroatoms. The van der Waals surface area contributed by atoms with Gasteiger partial charge in [-0.15, -0.1) is 0 Å². The molecule has 2 fully saturated rings. The van der Waals surface area contributed by atoms with Gasteiger partial charge in [-0.2, -0.15) is 5.26 Å². The van der Waals surface area contributed by atoms with Crippen molar-refractivity contribution in [3.05, 3.63) is 83.1 Å². The molecule has 12 nitrogen and oxygen atoms in total. The normalized spacial score (nSPS) is 18.0. The van der Waals surface area contributed by atoms with Crippen molar-refractivity contribution in [1.82, 2.24) is 28.9 Å². The number of aromatic nitrogens is 4. The summed E-state index contributed by atoms with van der Waals surface area (Å²) in [7, 11) is 0. The molecule has 4 heterocycles. The van der Waals surface area contributed by atoms with Gasteiger partial charge in [0, 0.05) is 31.7 Å². The van der Waals surface area contributed by atoms with E-state index in [1.165, 1.54) is 15.5 Å². The van der Waals surface area contributed by atoms with Crippen LogP contribution in [0.3, 0.4) is 0 Å².